The number of carbonyl (C=O) groups is 1. The topological polar surface area (TPSA) is 49.3 Å². The van der Waals surface area contributed by atoms with Crippen LogP contribution in [-0.4, -0.2) is 40.4 Å². The molecule has 5 nitrogen and oxygen atoms in total. The lowest BCUT2D eigenvalue weighted by Crippen LogP contribution is -2.33. The Labute approximate surface area is 142 Å². The molecule has 1 saturated heterocycles. The van der Waals surface area contributed by atoms with Crippen LogP contribution in [0.5, 0.6) is 0 Å². The maximum atomic E-state index is 12.6. The van der Waals surface area contributed by atoms with E-state index < -0.39 is 0 Å². The Bertz CT molecular complexity index is 768. The van der Waals surface area contributed by atoms with Gasteiger partial charge in [-0.2, -0.15) is 0 Å². The number of anilines is 1. The van der Waals surface area contributed by atoms with Crippen LogP contribution in [0.15, 0.2) is 30.3 Å². The van der Waals surface area contributed by atoms with E-state index in [1.165, 1.54) is 11.1 Å². The highest BCUT2D eigenvalue weighted by molar-refractivity contribution is 5.92. The summed E-state index contributed by atoms with van der Waals surface area (Å²) >= 11 is 0. The molecule has 1 aromatic heterocycles. The minimum Gasteiger partial charge on any atom is -0.337 e. The molecular formula is C19H22N4O. The van der Waals surface area contributed by atoms with Gasteiger partial charge in [0, 0.05) is 31.9 Å². The maximum Gasteiger partial charge on any atom is 0.272 e. The van der Waals surface area contributed by atoms with Crippen LogP contribution >= 0.6 is 0 Å². The van der Waals surface area contributed by atoms with E-state index in [9.17, 15) is 4.79 Å². The summed E-state index contributed by atoms with van der Waals surface area (Å²) in [5.41, 5.74) is 4.09. The van der Waals surface area contributed by atoms with E-state index in [-0.39, 0.29) is 5.91 Å². The van der Waals surface area contributed by atoms with Crippen molar-refractivity contribution in [2.24, 2.45) is 0 Å². The summed E-state index contributed by atoms with van der Waals surface area (Å²) in [6, 6.07) is 10.3. The summed E-state index contributed by atoms with van der Waals surface area (Å²) in [5, 5.41) is 0. The van der Waals surface area contributed by atoms with Crippen molar-refractivity contribution < 1.29 is 4.79 Å². The molecule has 1 amide bonds. The number of aromatic nitrogens is 2. The number of amides is 1. The van der Waals surface area contributed by atoms with Gasteiger partial charge in [0.05, 0.1) is 0 Å². The first kappa shape index (κ1) is 15.1. The van der Waals surface area contributed by atoms with Gasteiger partial charge in [0.25, 0.3) is 5.91 Å². The second-order valence-electron chi connectivity index (χ2n) is 6.63. The van der Waals surface area contributed by atoms with Gasteiger partial charge in [0.1, 0.15) is 5.69 Å². The van der Waals surface area contributed by atoms with E-state index in [1.54, 1.807) is 0 Å². The Balaban J connectivity index is 1.61. The van der Waals surface area contributed by atoms with E-state index in [0.29, 0.717) is 11.6 Å². The van der Waals surface area contributed by atoms with Gasteiger partial charge >= 0.3 is 0 Å². The van der Waals surface area contributed by atoms with Crippen molar-refractivity contribution in [3.63, 3.8) is 0 Å². The van der Waals surface area contributed by atoms with Crippen LogP contribution < -0.4 is 4.90 Å². The lowest BCUT2D eigenvalue weighted by Gasteiger charge is -2.29. The highest BCUT2D eigenvalue weighted by Crippen LogP contribution is 2.23. The molecule has 124 valence electrons. The summed E-state index contributed by atoms with van der Waals surface area (Å²) < 4.78 is 0. The SMILES string of the molecule is Cc1cc(C(=O)N2CCCC2)nc(N2CCc3ccccc3C2)n1. The van der Waals surface area contributed by atoms with Crippen LogP contribution in [0.25, 0.3) is 0 Å². The first-order valence-electron chi connectivity index (χ1n) is 8.67. The number of nitrogens with zero attached hydrogens (tertiary/aromatic N) is 4. The predicted octanol–water partition coefficient (Wildman–Crippen LogP) is 2.58. The Morgan fingerprint density at radius 3 is 2.58 bits per heavy atom. The molecule has 0 N–H and O–H groups in total. The molecular weight excluding hydrogens is 300 g/mol. The van der Waals surface area contributed by atoms with Crippen LogP contribution in [0.4, 0.5) is 5.95 Å². The van der Waals surface area contributed by atoms with Crippen molar-refractivity contribution in [3.05, 3.63) is 52.8 Å². The normalized spacial score (nSPS) is 17.0. The molecule has 4 rings (SSSR count). The van der Waals surface area contributed by atoms with E-state index in [1.807, 2.05) is 17.9 Å². The summed E-state index contributed by atoms with van der Waals surface area (Å²) in [6.07, 6.45) is 3.17. The van der Waals surface area contributed by atoms with E-state index >= 15 is 0 Å². The quantitative estimate of drug-likeness (QED) is 0.853. The molecule has 24 heavy (non-hydrogen) atoms. The minimum absolute atomic E-state index is 0.0386. The second kappa shape index (κ2) is 6.23. The first-order valence-corrected chi connectivity index (χ1v) is 8.67. The van der Waals surface area contributed by atoms with Gasteiger partial charge in [-0.1, -0.05) is 24.3 Å². The lowest BCUT2D eigenvalue weighted by molar-refractivity contribution is 0.0787. The van der Waals surface area contributed by atoms with Gasteiger partial charge in [-0.05, 0) is 43.4 Å². The van der Waals surface area contributed by atoms with Crippen LogP contribution in [-0.2, 0) is 13.0 Å². The molecule has 1 fully saturated rings. The molecule has 5 heteroatoms. The molecule has 0 atom stereocenters. The zero-order chi connectivity index (χ0) is 16.5. The van der Waals surface area contributed by atoms with Gasteiger partial charge in [0.15, 0.2) is 0 Å². The Kier molecular flexibility index (Phi) is 3.92. The standard InChI is InChI=1S/C19H22N4O/c1-14-12-17(18(24)22-9-4-5-10-22)21-19(20-14)23-11-8-15-6-2-3-7-16(15)13-23/h2-3,6-7,12H,4-5,8-11,13H2,1H3. The molecule has 0 bridgehead atoms. The molecule has 2 aliphatic heterocycles. The lowest BCUT2D eigenvalue weighted by atomic mass is 10.0. The number of hydrogen-bond acceptors (Lipinski definition) is 4. The van der Waals surface area contributed by atoms with Gasteiger partial charge in [-0.15, -0.1) is 0 Å². The number of hydrogen-bond donors (Lipinski definition) is 0. The fourth-order valence-corrected chi connectivity index (χ4v) is 3.55. The third kappa shape index (κ3) is 2.86. The Morgan fingerprint density at radius 1 is 1.04 bits per heavy atom. The molecule has 0 aliphatic carbocycles. The van der Waals surface area contributed by atoms with Crippen molar-refractivity contribution in [1.29, 1.82) is 0 Å². The van der Waals surface area contributed by atoms with Crippen molar-refractivity contribution in [2.75, 3.05) is 24.5 Å². The van der Waals surface area contributed by atoms with Gasteiger partial charge < -0.3 is 9.80 Å². The number of carbonyl (C=O) groups excluding carboxylic acids is 1. The Morgan fingerprint density at radius 2 is 1.79 bits per heavy atom. The number of rotatable bonds is 2. The number of aryl methyl sites for hydroxylation is 1. The molecule has 0 unspecified atom stereocenters. The fraction of sp³-hybridized carbons (Fsp3) is 0.421. The fourth-order valence-electron chi connectivity index (χ4n) is 3.55. The van der Waals surface area contributed by atoms with Crippen LogP contribution in [0.1, 0.15) is 40.2 Å². The summed E-state index contributed by atoms with van der Waals surface area (Å²) in [6.45, 7) is 5.31. The first-order chi connectivity index (χ1) is 11.7. The van der Waals surface area contributed by atoms with Crippen molar-refractivity contribution in [1.82, 2.24) is 14.9 Å². The molecule has 2 aliphatic rings. The zero-order valence-corrected chi connectivity index (χ0v) is 14.0. The van der Waals surface area contributed by atoms with Gasteiger partial charge in [0.2, 0.25) is 5.95 Å². The van der Waals surface area contributed by atoms with Crippen LogP contribution in [0.3, 0.4) is 0 Å². The number of likely N-dealkylation sites (tertiary alicyclic amines) is 1. The largest absolute Gasteiger partial charge is 0.337 e. The van der Waals surface area contributed by atoms with E-state index in [4.69, 9.17) is 0 Å². The third-order valence-corrected chi connectivity index (χ3v) is 4.87. The average Bonchev–Trinajstić information content (AvgIpc) is 3.14. The van der Waals surface area contributed by atoms with Gasteiger partial charge in [-0.3, -0.25) is 4.79 Å². The highest BCUT2D eigenvalue weighted by atomic mass is 16.2. The van der Waals surface area contributed by atoms with Crippen LogP contribution in [0.2, 0.25) is 0 Å². The predicted molar refractivity (Wildman–Crippen MR) is 93.1 cm³/mol. The van der Waals surface area contributed by atoms with Crippen LogP contribution in [0, 0.1) is 6.92 Å². The molecule has 0 radical (unpaired) electrons. The monoisotopic (exact) mass is 322 g/mol. The average molecular weight is 322 g/mol. The van der Waals surface area contributed by atoms with E-state index in [0.717, 1.165) is 51.1 Å². The molecule has 2 aromatic rings. The van der Waals surface area contributed by atoms with E-state index in [2.05, 4.69) is 39.1 Å². The van der Waals surface area contributed by atoms with Crippen molar-refractivity contribution >= 4 is 11.9 Å². The second-order valence-corrected chi connectivity index (χ2v) is 6.63. The zero-order valence-electron chi connectivity index (χ0n) is 14.0. The molecule has 1 aromatic carbocycles. The Hall–Kier alpha value is -2.43. The number of fused-ring (bicyclic) bond motifs is 1. The van der Waals surface area contributed by atoms with Crippen molar-refractivity contribution in [3.8, 4) is 0 Å². The smallest absolute Gasteiger partial charge is 0.272 e. The minimum atomic E-state index is 0.0386. The molecule has 0 spiro atoms. The summed E-state index contributed by atoms with van der Waals surface area (Å²) in [7, 11) is 0. The van der Waals surface area contributed by atoms with Crippen molar-refractivity contribution in [2.45, 2.75) is 32.7 Å². The highest BCUT2D eigenvalue weighted by Gasteiger charge is 2.24. The number of benzene rings is 1. The molecule has 0 saturated carbocycles. The van der Waals surface area contributed by atoms with Gasteiger partial charge in [-0.25, -0.2) is 9.97 Å². The maximum absolute atomic E-state index is 12.6. The summed E-state index contributed by atoms with van der Waals surface area (Å²) in [4.78, 5) is 25.9. The third-order valence-electron chi connectivity index (χ3n) is 4.87. The summed E-state index contributed by atoms with van der Waals surface area (Å²) in [5.74, 6) is 0.712. The molecule has 3 heterocycles.